The molecule has 0 radical (unpaired) electrons. The highest BCUT2D eigenvalue weighted by Gasteiger charge is 2.17. The molecular formula is C36H31N5O. The number of nitrogens with zero attached hydrogens (tertiary/aromatic N) is 5. The molecule has 42 heavy (non-hydrogen) atoms. The van der Waals surface area contributed by atoms with E-state index in [1.807, 2.05) is 54.7 Å². The van der Waals surface area contributed by atoms with Crippen molar-refractivity contribution in [1.29, 1.82) is 0 Å². The average molecular weight is 553 g/mol. The van der Waals surface area contributed by atoms with E-state index in [2.05, 4.69) is 64.3 Å². The van der Waals surface area contributed by atoms with E-state index in [-0.39, 0.29) is 0 Å². The maximum atomic E-state index is 7.99. The number of pyridine rings is 1. The molecule has 0 saturated carbocycles. The Bertz CT molecular complexity index is 2190. The van der Waals surface area contributed by atoms with Crippen LogP contribution in [0, 0.1) is 6.33 Å². The molecular weight excluding hydrogens is 518 g/mol. The molecule has 0 bridgehead atoms. The number of piperidine rings is 1. The van der Waals surface area contributed by atoms with Crippen molar-refractivity contribution in [1.82, 2.24) is 14.1 Å². The summed E-state index contributed by atoms with van der Waals surface area (Å²) in [5, 5.41) is 2.28. The summed E-state index contributed by atoms with van der Waals surface area (Å²) in [6, 6.07) is 33.9. The van der Waals surface area contributed by atoms with Gasteiger partial charge in [-0.05, 0) is 55.7 Å². The molecule has 6 nitrogen and oxygen atoms in total. The van der Waals surface area contributed by atoms with E-state index >= 15 is 0 Å². The molecule has 6 heteroatoms. The standard InChI is InChI=1S/C36H31N5O/c1-38-25-40(34-15-6-5-14-33(34)38)27-10-9-11-28(22-27)42-29-16-17-31-30-12-3-4-13-32(30)41(35(31)24-29)36-23-26(18-19-37-36)39-20-7-2-8-21-39/h3-6,9-19,22-24H,2,7-8,20-21H2,1H3/i1D3. The number of hydrogen-bond donors (Lipinski definition) is 0. The Balaban J connectivity index is 1.19. The van der Waals surface area contributed by atoms with E-state index < -0.39 is 6.98 Å². The molecule has 0 aliphatic carbocycles. The highest BCUT2D eigenvalue weighted by molar-refractivity contribution is 6.09. The second-order valence-electron chi connectivity index (χ2n) is 10.8. The Morgan fingerprint density at radius 1 is 0.738 bits per heavy atom. The van der Waals surface area contributed by atoms with Gasteiger partial charge >= 0.3 is 0 Å². The van der Waals surface area contributed by atoms with E-state index in [4.69, 9.17) is 13.8 Å². The third-order valence-corrected chi connectivity index (χ3v) is 8.20. The summed E-state index contributed by atoms with van der Waals surface area (Å²) in [5.41, 5.74) is 5.38. The van der Waals surface area contributed by atoms with Crippen LogP contribution in [0.4, 0.5) is 5.69 Å². The lowest BCUT2D eigenvalue weighted by atomic mass is 10.1. The zero-order valence-electron chi connectivity index (χ0n) is 26.1. The summed E-state index contributed by atoms with van der Waals surface area (Å²) in [7, 11) is 0. The normalized spacial score (nSPS) is 15.1. The number of rotatable bonds is 5. The van der Waals surface area contributed by atoms with Crippen molar-refractivity contribution in [3.05, 3.63) is 116 Å². The van der Waals surface area contributed by atoms with Gasteiger partial charge in [-0.1, -0.05) is 54.6 Å². The maximum absolute atomic E-state index is 7.99. The van der Waals surface area contributed by atoms with E-state index in [1.54, 1.807) is 10.6 Å². The summed E-state index contributed by atoms with van der Waals surface area (Å²) in [5.74, 6) is 2.20. The number of fused-ring (bicyclic) bond motifs is 4. The Morgan fingerprint density at radius 3 is 2.45 bits per heavy atom. The Morgan fingerprint density at radius 2 is 1.55 bits per heavy atom. The lowest BCUT2D eigenvalue weighted by Gasteiger charge is -2.29. The number of para-hydroxylation sites is 3. The molecule has 1 fully saturated rings. The molecule has 0 atom stereocenters. The second kappa shape index (κ2) is 10.1. The van der Waals surface area contributed by atoms with Crippen LogP contribution >= 0.6 is 0 Å². The lowest BCUT2D eigenvalue weighted by Crippen LogP contribution is -2.29. The largest absolute Gasteiger partial charge is 0.458 e. The van der Waals surface area contributed by atoms with Crippen LogP contribution in [0.25, 0.3) is 44.3 Å². The van der Waals surface area contributed by atoms with Crippen LogP contribution in [0.3, 0.4) is 0 Å². The van der Waals surface area contributed by atoms with E-state index in [1.165, 1.54) is 29.5 Å². The van der Waals surface area contributed by atoms with Crippen LogP contribution in [-0.4, -0.2) is 27.2 Å². The third kappa shape index (κ3) is 4.18. The number of aromatic nitrogens is 4. The first-order valence-corrected chi connectivity index (χ1v) is 14.4. The predicted molar refractivity (Wildman–Crippen MR) is 168 cm³/mol. The van der Waals surface area contributed by atoms with Gasteiger partial charge < -0.3 is 18.8 Å². The summed E-state index contributed by atoms with van der Waals surface area (Å²) in [4.78, 5) is 7.28. The molecule has 8 rings (SSSR count). The lowest BCUT2D eigenvalue weighted by molar-refractivity contribution is -0.649. The summed E-state index contributed by atoms with van der Waals surface area (Å²) in [6.07, 6.45) is 8.66. The number of anilines is 1. The zero-order chi connectivity index (χ0) is 30.5. The molecule has 4 heterocycles. The molecule has 0 amide bonds. The van der Waals surface area contributed by atoms with Crippen molar-refractivity contribution in [3.8, 4) is 23.0 Å². The first kappa shape index (κ1) is 21.6. The molecule has 206 valence electrons. The Labute approximate surface area is 248 Å². The monoisotopic (exact) mass is 552 g/mol. The minimum atomic E-state index is -2.35. The van der Waals surface area contributed by atoms with Gasteiger partial charge in [0.25, 0.3) is 0 Å². The van der Waals surface area contributed by atoms with Crippen molar-refractivity contribution in [2.75, 3.05) is 18.0 Å². The smallest absolute Gasteiger partial charge is 0.244 e. The van der Waals surface area contributed by atoms with Gasteiger partial charge in [0, 0.05) is 47.9 Å². The molecule has 0 N–H and O–H groups in total. The van der Waals surface area contributed by atoms with Gasteiger partial charge in [0.15, 0.2) is 0 Å². The fourth-order valence-corrected chi connectivity index (χ4v) is 6.21. The second-order valence-corrected chi connectivity index (χ2v) is 10.8. The van der Waals surface area contributed by atoms with Crippen LogP contribution in [0.1, 0.15) is 23.4 Å². The molecule has 1 aliphatic heterocycles. The molecule has 0 unspecified atom stereocenters. The Kier molecular flexibility index (Phi) is 5.18. The molecule has 1 saturated heterocycles. The highest BCUT2D eigenvalue weighted by Crippen LogP contribution is 2.36. The maximum Gasteiger partial charge on any atom is 0.244 e. The van der Waals surface area contributed by atoms with Gasteiger partial charge in [-0.15, -0.1) is 0 Å². The fourth-order valence-electron chi connectivity index (χ4n) is 6.21. The summed E-state index contributed by atoms with van der Waals surface area (Å²) < 4.78 is 35.6. The molecule has 1 aliphatic rings. The first-order chi connectivity index (χ1) is 21.9. The van der Waals surface area contributed by atoms with Gasteiger partial charge in [0.05, 0.1) is 38.8 Å². The van der Waals surface area contributed by atoms with Crippen LogP contribution in [-0.2, 0) is 6.98 Å². The quantitative estimate of drug-likeness (QED) is 0.164. The molecule has 3 aromatic heterocycles. The summed E-state index contributed by atoms with van der Waals surface area (Å²) in [6.45, 7) is -0.212. The van der Waals surface area contributed by atoms with Crippen molar-refractivity contribution in [2.45, 2.75) is 19.3 Å². The summed E-state index contributed by atoms with van der Waals surface area (Å²) >= 11 is 0. The predicted octanol–water partition coefficient (Wildman–Crippen LogP) is 7.53. The van der Waals surface area contributed by atoms with E-state index in [0.29, 0.717) is 17.0 Å². The zero-order valence-corrected chi connectivity index (χ0v) is 23.1. The number of benzene rings is 4. The van der Waals surface area contributed by atoms with E-state index in [0.717, 1.165) is 51.9 Å². The van der Waals surface area contributed by atoms with Gasteiger partial charge in [-0.25, -0.2) is 4.98 Å². The number of ether oxygens (including phenoxy) is 1. The SMILES string of the molecule is [2H]C([2H])([2H])[n+]1[c-]n(-c2cccc(Oc3ccc4c5ccccc5n(-c5cc(N6CCCCC6)ccn5)c4c3)c2)c2ccccc21. The molecule has 4 aromatic carbocycles. The minimum absolute atomic E-state index is 0.583. The Hall–Kier alpha value is -5.10. The fraction of sp³-hybridized carbons (Fsp3) is 0.167. The number of hydrogen-bond acceptors (Lipinski definition) is 3. The van der Waals surface area contributed by atoms with Crippen LogP contribution < -0.4 is 14.2 Å². The molecule has 0 spiro atoms. The topological polar surface area (TPSA) is 39.1 Å². The minimum Gasteiger partial charge on any atom is -0.458 e. The van der Waals surface area contributed by atoms with Crippen molar-refractivity contribution >= 4 is 38.5 Å². The van der Waals surface area contributed by atoms with Crippen LogP contribution in [0.15, 0.2) is 109 Å². The highest BCUT2D eigenvalue weighted by atomic mass is 16.5. The third-order valence-electron chi connectivity index (χ3n) is 8.20. The van der Waals surface area contributed by atoms with Crippen molar-refractivity contribution in [2.24, 2.45) is 6.98 Å². The van der Waals surface area contributed by atoms with Crippen LogP contribution in [0.5, 0.6) is 11.5 Å². The average Bonchev–Trinajstić information content (AvgIpc) is 3.62. The van der Waals surface area contributed by atoms with Crippen LogP contribution in [0.2, 0.25) is 0 Å². The van der Waals surface area contributed by atoms with Gasteiger partial charge in [0.1, 0.15) is 17.3 Å². The first-order valence-electron chi connectivity index (χ1n) is 15.9. The van der Waals surface area contributed by atoms with Gasteiger partial charge in [-0.2, -0.15) is 0 Å². The van der Waals surface area contributed by atoms with Crippen molar-refractivity contribution in [3.63, 3.8) is 0 Å². The van der Waals surface area contributed by atoms with Gasteiger partial charge in [-0.3, -0.25) is 4.57 Å². The number of aryl methyl sites for hydroxylation is 1. The van der Waals surface area contributed by atoms with Crippen molar-refractivity contribution < 1.29 is 13.4 Å². The number of imidazole rings is 1. The molecule has 7 aromatic rings. The van der Waals surface area contributed by atoms with E-state index in [9.17, 15) is 0 Å². The van der Waals surface area contributed by atoms with Gasteiger partial charge in [0.2, 0.25) is 6.33 Å².